The number of carbonyl (C=O) groups excluding carboxylic acids is 1. The Morgan fingerprint density at radius 3 is 3.05 bits per heavy atom. The minimum absolute atomic E-state index is 0.192. The van der Waals surface area contributed by atoms with E-state index in [-0.39, 0.29) is 5.91 Å². The number of hydrogen-bond acceptors (Lipinski definition) is 5. The van der Waals surface area contributed by atoms with Crippen LogP contribution in [0.2, 0.25) is 0 Å². The van der Waals surface area contributed by atoms with Crippen LogP contribution >= 0.6 is 0 Å². The van der Waals surface area contributed by atoms with Crippen molar-refractivity contribution >= 4 is 11.7 Å². The van der Waals surface area contributed by atoms with E-state index in [4.69, 9.17) is 5.73 Å². The summed E-state index contributed by atoms with van der Waals surface area (Å²) in [5.74, 6) is 1.61. The van der Waals surface area contributed by atoms with Crippen LogP contribution in [0.5, 0.6) is 0 Å². The van der Waals surface area contributed by atoms with Gasteiger partial charge in [-0.3, -0.25) is 9.78 Å². The minimum atomic E-state index is 0.192. The van der Waals surface area contributed by atoms with Gasteiger partial charge in [-0.05, 0) is 18.8 Å². The molecule has 0 saturated carbocycles. The van der Waals surface area contributed by atoms with Crippen LogP contribution in [0.25, 0.3) is 0 Å². The third kappa shape index (κ3) is 2.40. The topological polar surface area (TPSA) is 84.1 Å². The second-order valence-electron chi connectivity index (χ2n) is 5.24. The van der Waals surface area contributed by atoms with E-state index in [1.807, 2.05) is 0 Å². The van der Waals surface area contributed by atoms with Crippen molar-refractivity contribution in [2.24, 2.45) is 11.7 Å². The highest BCUT2D eigenvalue weighted by Crippen LogP contribution is 2.28. The molecule has 2 aliphatic rings. The number of nitrogens with one attached hydrogen (secondary N) is 1. The van der Waals surface area contributed by atoms with Crippen molar-refractivity contribution in [1.82, 2.24) is 15.3 Å². The fourth-order valence-corrected chi connectivity index (χ4v) is 3.07. The zero-order valence-corrected chi connectivity index (χ0v) is 10.9. The predicted molar refractivity (Wildman–Crippen MR) is 71.4 cm³/mol. The van der Waals surface area contributed by atoms with Crippen molar-refractivity contribution in [3.63, 3.8) is 0 Å². The molecule has 1 aromatic heterocycles. The fraction of sp³-hybridized carbons (Fsp3) is 0.615. The summed E-state index contributed by atoms with van der Waals surface area (Å²) in [6.45, 7) is 2.23. The summed E-state index contributed by atoms with van der Waals surface area (Å²) in [5.41, 5.74) is 6.57. The number of piperidine rings is 2. The van der Waals surface area contributed by atoms with Crippen molar-refractivity contribution in [3.8, 4) is 0 Å². The Hall–Kier alpha value is -1.69. The van der Waals surface area contributed by atoms with Crippen LogP contribution < -0.4 is 16.0 Å². The summed E-state index contributed by atoms with van der Waals surface area (Å²) in [4.78, 5) is 22.4. The molecule has 0 spiro atoms. The van der Waals surface area contributed by atoms with Gasteiger partial charge in [0, 0.05) is 44.5 Å². The quantitative estimate of drug-likeness (QED) is 0.785. The second-order valence-corrected chi connectivity index (χ2v) is 5.24. The largest absolute Gasteiger partial charge is 0.355 e. The van der Waals surface area contributed by atoms with Crippen LogP contribution in [-0.2, 0) is 11.3 Å². The lowest BCUT2D eigenvalue weighted by atomic mass is 9.85. The number of aromatic nitrogens is 2. The lowest BCUT2D eigenvalue weighted by Gasteiger charge is -2.42. The van der Waals surface area contributed by atoms with Gasteiger partial charge in [-0.15, -0.1) is 0 Å². The van der Waals surface area contributed by atoms with Crippen LogP contribution in [0, 0.1) is 5.92 Å². The molecule has 2 fully saturated rings. The van der Waals surface area contributed by atoms with Gasteiger partial charge in [-0.2, -0.15) is 0 Å². The number of anilines is 1. The van der Waals surface area contributed by atoms with Gasteiger partial charge in [0.2, 0.25) is 5.91 Å². The van der Waals surface area contributed by atoms with Gasteiger partial charge in [0.15, 0.2) is 5.82 Å². The molecular weight excluding hydrogens is 242 g/mol. The molecular formula is C13H19N5O. The van der Waals surface area contributed by atoms with Crippen molar-refractivity contribution in [3.05, 3.63) is 18.1 Å². The molecule has 0 bridgehead atoms. The molecule has 2 aliphatic heterocycles. The summed E-state index contributed by atoms with van der Waals surface area (Å²) in [6, 6.07) is 0.329. The first-order valence-electron chi connectivity index (χ1n) is 6.82. The van der Waals surface area contributed by atoms with Gasteiger partial charge in [0.05, 0.1) is 5.69 Å². The normalized spacial score (nSPS) is 26.8. The molecule has 2 atom stereocenters. The molecule has 0 aliphatic carbocycles. The molecule has 3 N–H and O–H groups in total. The average Bonchev–Trinajstić information content (AvgIpc) is 2.46. The molecule has 6 heteroatoms. The first-order valence-corrected chi connectivity index (χ1v) is 6.82. The van der Waals surface area contributed by atoms with Crippen molar-refractivity contribution in [2.45, 2.75) is 31.8 Å². The van der Waals surface area contributed by atoms with Gasteiger partial charge >= 0.3 is 0 Å². The van der Waals surface area contributed by atoms with Crippen molar-refractivity contribution in [1.29, 1.82) is 0 Å². The summed E-state index contributed by atoms with van der Waals surface area (Å²) in [5, 5.41) is 3.09. The molecule has 0 aromatic carbocycles. The average molecular weight is 261 g/mol. The Morgan fingerprint density at radius 2 is 2.21 bits per heavy atom. The lowest BCUT2D eigenvalue weighted by Crippen LogP contribution is -2.54. The molecule has 6 nitrogen and oxygen atoms in total. The number of rotatable bonds is 2. The maximum absolute atomic E-state index is 11.4. The molecule has 102 valence electrons. The Bertz CT molecular complexity index is 478. The van der Waals surface area contributed by atoms with Gasteiger partial charge in [0.25, 0.3) is 0 Å². The lowest BCUT2D eigenvalue weighted by molar-refractivity contribution is -0.124. The number of nitrogens with zero attached hydrogens (tertiary/aromatic N) is 3. The zero-order valence-electron chi connectivity index (χ0n) is 10.9. The van der Waals surface area contributed by atoms with E-state index in [0.29, 0.717) is 24.9 Å². The molecule has 1 aromatic rings. The van der Waals surface area contributed by atoms with Crippen molar-refractivity contribution < 1.29 is 4.79 Å². The summed E-state index contributed by atoms with van der Waals surface area (Å²) in [6.07, 6.45) is 5.96. The Kier molecular flexibility index (Phi) is 3.33. The van der Waals surface area contributed by atoms with E-state index in [9.17, 15) is 4.79 Å². The fourth-order valence-electron chi connectivity index (χ4n) is 3.07. The maximum atomic E-state index is 11.4. The molecule has 2 unspecified atom stereocenters. The van der Waals surface area contributed by atoms with Gasteiger partial charge in [-0.25, -0.2) is 4.98 Å². The zero-order chi connectivity index (χ0) is 13.2. The van der Waals surface area contributed by atoms with Crippen LogP contribution in [0.3, 0.4) is 0 Å². The number of hydrogen-bond donors (Lipinski definition) is 2. The highest BCUT2D eigenvalue weighted by atomic mass is 16.1. The van der Waals surface area contributed by atoms with Crippen LogP contribution in [0.1, 0.15) is 25.0 Å². The SMILES string of the molecule is NCc1nccnc1N1CCC2NC(=O)CCC2C1. The van der Waals surface area contributed by atoms with Gasteiger partial charge in [-0.1, -0.05) is 0 Å². The monoisotopic (exact) mass is 261 g/mol. The number of nitrogens with two attached hydrogens (primary N) is 1. The highest BCUT2D eigenvalue weighted by molar-refractivity contribution is 5.77. The molecule has 3 heterocycles. The third-order valence-corrected chi connectivity index (χ3v) is 4.07. The molecule has 0 radical (unpaired) electrons. The predicted octanol–water partition coefficient (Wildman–Crippen LogP) is 0.0402. The van der Waals surface area contributed by atoms with Gasteiger partial charge in [0.1, 0.15) is 0 Å². The highest BCUT2D eigenvalue weighted by Gasteiger charge is 2.34. The minimum Gasteiger partial charge on any atom is -0.355 e. The number of carbonyl (C=O) groups is 1. The summed E-state index contributed by atoms with van der Waals surface area (Å²) < 4.78 is 0. The van der Waals surface area contributed by atoms with Crippen LogP contribution in [0.4, 0.5) is 5.82 Å². The van der Waals surface area contributed by atoms with E-state index < -0.39 is 0 Å². The van der Waals surface area contributed by atoms with E-state index in [1.165, 1.54) is 0 Å². The Labute approximate surface area is 112 Å². The number of fused-ring (bicyclic) bond motifs is 1. The van der Waals surface area contributed by atoms with E-state index in [2.05, 4.69) is 20.2 Å². The Balaban J connectivity index is 1.76. The maximum Gasteiger partial charge on any atom is 0.220 e. The van der Waals surface area contributed by atoms with Crippen LogP contribution in [-0.4, -0.2) is 35.0 Å². The summed E-state index contributed by atoms with van der Waals surface area (Å²) >= 11 is 0. The van der Waals surface area contributed by atoms with E-state index in [1.54, 1.807) is 12.4 Å². The van der Waals surface area contributed by atoms with E-state index >= 15 is 0 Å². The third-order valence-electron chi connectivity index (χ3n) is 4.07. The standard InChI is InChI=1S/C13H19N5O/c14-7-11-13(16-5-4-15-11)18-6-3-10-9(8-18)1-2-12(19)17-10/h4-5,9-10H,1-3,6-8,14H2,(H,17,19). The molecule has 3 rings (SSSR count). The smallest absolute Gasteiger partial charge is 0.220 e. The van der Waals surface area contributed by atoms with Crippen LogP contribution in [0.15, 0.2) is 12.4 Å². The number of amides is 1. The first kappa shape index (κ1) is 12.3. The van der Waals surface area contributed by atoms with Crippen molar-refractivity contribution in [2.75, 3.05) is 18.0 Å². The molecule has 19 heavy (non-hydrogen) atoms. The molecule has 2 saturated heterocycles. The van der Waals surface area contributed by atoms with Gasteiger partial charge < -0.3 is 16.0 Å². The summed E-state index contributed by atoms with van der Waals surface area (Å²) in [7, 11) is 0. The first-order chi connectivity index (χ1) is 9.28. The molecule has 1 amide bonds. The van der Waals surface area contributed by atoms with E-state index in [0.717, 1.165) is 37.4 Å². The Morgan fingerprint density at radius 1 is 1.37 bits per heavy atom. The second kappa shape index (κ2) is 5.13.